The maximum absolute atomic E-state index is 12.7. The number of nitrogens with zero attached hydrogens (tertiary/aromatic N) is 2. The lowest BCUT2D eigenvalue weighted by atomic mass is 10.2. The molecule has 2 aromatic rings. The van der Waals surface area contributed by atoms with E-state index >= 15 is 0 Å². The number of nitrogen functional groups attached to an aromatic ring is 1. The number of halogens is 1. The number of hydrogen-bond donors (Lipinski definition) is 2. The van der Waals surface area contributed by atoms with Crippen LogP contribution in [0.5, 0.6) is 0 Å². The van der Waals surface area contributed by atoms with Crippen LogP contribution in [-0.2, 0) is 6.54 Å². The lowest BCUT2D eigenvalue weighted by Crippen LogP contribution is -2.25. The molecule has 0 aliphatic carbocycles. The molecule has 1 aromatic carbocycles. The molecule has 0 aliphatic heterocycles. The number of rotatable bonds is 3. The summed E-state index contributed by atoms with van der Waals surface area (Å²) in [6.45, 7) is 0.345. The van der Waals surface area contributed by atoms with Gasteiger partial charge in [0.25, 0.3) is 5.91 Å². The maximum atomic E-state index is 12.7. The third-order valence-electron chi connectivity index (χ3n) is 2.28. The molecule has 0 saturated heterocycles. The third kappa shape index (κ3) is 2.79. The van der Waals surface area contributed by atoms with Gasteiger partial charge in [-0.05, 0) is 5.56 Å². The van der Waals surface area contributed by atoms with E-state index in [-0.39, 0.29) is 11.5 Å². The van der Waals surface area contributed by atoms with Gasteiger partial charge in [-0.2, -0.15) is 9.37 Å². The number of nitrogens with one attached hydrogen (secondary N) is 1. The van der Waals surface area contributed by atoms with Crippen LogP contribution in [0.4, 0.5) is 10.2 Å². The number of nitrogens with two attached hydrogens (primary N) is 1. The molecule has 0 bridgehead atoms. The second kappa shape index (κ2) is 5.22. The van der Waals surface area contributed by atoms with Crippen LogP contribution in [0.3, 0.4) is 0 Å². The number of anilines is 1. The molecule has 0 fully saturated rings. The van der Waals surface area contributed by atoms with Gasteiger partial charge in [0.2, 0.25) is 5.95 Å². The van der Waals surface area contributed by atoms with Crippen LogP contribution in [0.2, 0.25) is 0 Å². The predicted octanol–water partition coefficient (Wildman–Crippen LogP) is 1.13. The van der Waals surface area contributed by atoms with Crippen molar-refractivity contribution in [1.29, 1.82) is 0 Å². The van der Waals surface area contributed by atoms with Gasteiger partial charge in [-0.25, -0.2) is 4.98 Å². The molecule has 2 rings (SSSR count). The number of amides is 1. The van der Waals surface area contributed by atoms with Crippen molar-refractivity contribution < 1.29 is 9.18 Å². The van der Waals surface area contributed by atoms with Gasteiger partial charge < -0.3 is 11.1 Å². The first kappa shape index (κ1) is 12.0. The summed E-state index contributed by atoms with van der Waals surface area (Å²) in [5.41, 5.74) is 6.28. The van der Waals surface area contributed by atoms with E-state index in [4.69, 9.17) is 5.73 Å². The van der Waals surface area contributed by atoms with Gasteiger partial charge >= 0.3 is 0 Å². The van der Waals surface area contributed by atoms with Crippen molar-refractivity contribution >= 4 is 11.7 Å². The summed E-state index contributed by atoms with van der Waals surface area (Å²) in [6, 6.07) is 9.37. The normalized spacial score (nSPS) is 10.1. The van der Waals surface area contributed by atoms with Crippen LogP contribution >= 0.6 is 0 Å². The number of hydrogen-bond acceptors (Lipinski definition) is 4. The number of carbonyl (C=O) groups excluding carboxylic acids is 1. The highest BCUT2D eigenvalue weighted by atomic mass is 19.1. The smallest absolute Gasteiger partial charge is 0.273 e. The molecule has 0 unspecified atom stereocenters. The Labute approximate surface area is 103 Å². The largest absolute Gasteiger partial charge is 0.382 e. The number of carbonyl (C=O) groups is 1. The first-order valence-corrected chi connectivity index (χ1v) is 5.27. The second-order valence-electron chi connectivity index (χ2n) is 3.59. The highest BCUT2D eigenvalue weighted by molar-refractivity contribution is 5.96. The minimum Gasteiger partial charge on any atom is -0.382 e. The zero-order chi connectivity index (χ0) is 13.0. The Balaban J connectivity index is 2.04. The molecule has 0 atom stereocenters. The Kier molecular flexibility index (Phi) is 3.47. The van der Waals surface area contributed by atoms with E-state index in [0.717, 1.165) is 11.8 Å². The Morgan fingerprint density at radius 1 is 1.33 bits per heavy atom. The molecule has 0 aliphatic rings. The Hall–Kier alpha value is -2.50. The summed E-state index contributed by atoms with van der Waals surface area (Å²) in [6.07, 6.45) is 0.855. The lowest BCUT2D eigenvalue weighted by Gasteiger charge is -2.06. The molecule has 6 heteroatoms. The summed E-state index contributed by atoms with van der Waals surface area (Å²) in [4.78, 5) is 18.7. The zero-order valence-corrected chi connectivity index (χ0v) is 9.43. The fraction of sp³-hybridized carbons (Fsp3) is 0.0833. The van der Waals surface area contributed by atoms with E-state index in [1.165, 1.54) is 0 Å². The summed E-state index contributed by atoms with van der Waals surface area (Å²) in [5, 5.41) is 2.63. The van der Waals surface area contributed by atoms with Crippen molar-refractivity contribution in [2.24, 2.45) is 0 Å². The molecule has 0 spiro atoms. The molecule has 92 valence electrons. The van der Waals surface area contributed by atoms with E-state index in [1.54, 1.807) is 0 Å². The molecule has 18 heavy (non-hydrogen) atoms. The molecule has 5 nitrogen and oxygen atoms in total. The van der Waals surface area contributed by atoms with Gasteiger partial charge in [-0.15, -0.1) is 0 Å². The van der Waals surface area contributed by atoms with Gasteiger partial charge in [-0.1, -0.05) is 30.3 Å². The van der Waals surface area contributed by atoms with Crippen molar-refractivity contribution in [3.05, 3.63) is 53.7 Å². The van der Waals surface area contributed by atoms with Gasteiger partial charge in [-0.3, -0.25) is 4.79 Å². The van der Waals surface area contributed by atoms with Crippen LogP contribution < -0.4 is 11.1 Å². The summed E-state index contributed by atoms with van der Waals surface area (Å²) < 4.78 is 12.7. The highest BCUT2D eigenvalue weighted by Gasteiger charge is 2.12. The monoisotopic (exact) mass is 246 g/mol. The number of aromatic nitrogens is 2. The molecular weight excluding hydrogens is 235 g/mol. The Morgan fingerprint density at radius 2 is 2.06 bits per heavy atom. The quantitative estimate of drug-likeness (QED) is 0.850. The Bertz CT molecular complexity index is 559. The summed E-state index contributed by atoms with van der Waals surface area (Å²) in [7, 11) is 0. The van der Waals surface area contributed by atoms with Crippen LogP contribution in [-0.4, -0.2) is 15.9 Å². The average Bonchev–Trinajstić information content (AvgIpc) is 2.37. The van der Waals surface area contributed by atoms with Crippen LogP contribution in [0, 0.1) is 5.95 Å². The summed E-state index contributed by atoms with van der Waals surface area (Å²) >= 11 is 0. The standard InChI is InChI=1S/C12H11FN4O/c13-9-7-15-10(11(14)17-9)12(18)16-6-8-4-2-1-3-5-8/h1-5,7H,6H2,(H2,14,17)(H,16,18). The fourth-order valence-corrected chi connectivity index (χ4v) is 1.42. The molecule has 1 heterocycles. The van der Waals surface area contributed by atoms with Gasteiger partial charge in [0.15, 0.2) is 11.5 Å². The van der Waals surface area contributed by atoms with E-state index in [9.17, 15) is 9.18 Å². The van der Waals surface area contributed by atoms with Crippen molar-refractivity contribution in [2.45, 2.75) is 6.54 Å². The average molecular weight is 246 g/mol. The number of benzene rings is 1. The SMILES string of the molecule is Nc1nc(F)cnc1C(=O)NCc1ccccc1. The topological polar surface area (TPSA) is 80.9 Å². The molecule has 0 saturated carbocycles. The van der Waals surface area contributed by atoms with E-state index in [2.05, 4.69) is 15.3 Å². The van der Waals surface area contributed by atoms with E-state index in [1.807, 2.05) is 30.3 Å². The third-order valence-corrected chi connectivity index (χ3v) is 2.28. The Morgan fingerprint density at radius 3 is 2.72 bits per heavy atom. The fourth-order valence-electron chi connectivity index (χ4n) is 1.42. The van der Waals surface area contributed by atoms with Crippen molar-refractivity contribution in [3.63, 3.8) is 0 Å². The molecule has 3 N–H and O–H groups in total. The maximum Gasteiger partial charge on any atom is 0.273 e. The minimum absolute atomic E-state index is 0.0765. The molecular formula is C12H11FN4O. The van der Waals surface area contributed by atoms with Crippen LogP contribution in [0.1, 0.15) is 16.1 Å². The zero-order valence-electron chi connectivity index (χ0n) is 9.43. The first-order valence-electron chi connectivity index (χ1n) is 5.27. The van der Waals surface area contributed by atoms with Gasteiger partial charge in [0.1, 0.15) is 0 Å². The van der Waals surface area contributed by atoms with E-state index < -0.39 is 11.9 Å². The summed E-state index contributed by atoms with van der Waals surface area (Å²) in [5.74, 6) is -1.52. The second-order valence-corrected chi connectivity index (χ2v) is 3.59. The molecule has 1 aromatic heterocycles. The van der Waals surface area contributed by atoms with Gasteiger partial charge in [0.05, 0.1) is 6.20 Å². The minimum atomic E-state index is -0.813. The molecule has 0 radical (unpaired) electrons. The van der Waals surface area contributed by atoms with Gasteiger partial charge in [0, 0.05) is 6.54 Å². The van der Waals surface area contributed by atoms with Crippen molar-refractivity contribution in [3.8, 4) is 0 Å². The highest BCUT2D eigenvalue weighted by Crippen LogP contribution is 2.05. The predicted molar refractivity (Wildman–Crippen MR) is 64.0 cm³/mol. The van der Waals surface area contributed by atoms with Crippen LogP contribution in [0.25, 0.3) is 0 Å². The lowest BCUT2D eigenvalue weighted by molar-refractivity contribution is 0.0946. The van der Waals surface area contributed by atoms with Crippen molar-refractivity contribution in [2.75, 3.05) is 5.73 Å². The van der Waals surface area contributed by atoms with Crippen LogP contribution in [0.15, 0.2) is 36.5 Å². The van der Waals surface area contributed by atoms with Crippen molar-refractivity contribution in [1.82, 2.24) is 15.3 Å². The molecule has 1 amide bonds. The first-order chi connectivity index (χ1) is 8.66. The van der Waals surface area contributed by atoms with E-state index in [0.29, 0.717) is 6.54 Å².